The van der Waals surface area contributed by atoms with E-state index >= 15 is 0 Å². The first-order chi connectivity index (χ1) is 7.16. The lowest BCUT2D eigenvalue weighted by Gasteiger charge is -2.16. The van der Waals surface area contributed by atoms with Gasteiger partial charge < -0.3 is 14.6 Å². The number of hydrogen-bond donors (Lipinski definition) is 1. The summed E-state index contributed by atoms with van der Waals surface area (Å²) in [6.45, 7) is 2.05. The highest BCUT2D eigenvalue weighted by Gasteiger charge is 2.19. The first-order valence-electron chi connectivity index (χ1n) is 5.68. The van der Waals surface area contributed by atoms with Crippen LogP contribution in [0, 0.1) is 0 Å². The van der Waals surface area contributed by atoms with Crippen molar-refractivity contribution in [3.05, 3.63) is 23.5 Å². The molecule has 1 heterocycles. The molecule has 0 aromatic carbocycles. The molecule has 0 spiro atoms. The summed E-state index contributed by atoms with van der Waals surface area (Å²) in [7, 11) is 4.16. The van der Waals surface area contributed by atoms with Crippen LogP contribution in [0.1, 0.15) is 30.1 Å². The Morgan fingerprint density at radius 3 is 2.93 bits per heavy atom. The van der Waals surface area contributed by atoms with Crippen LogP contribution in [0.4, 0.5) is 0 Å². The first kappa shape index (κ1) is 10.7. The average Bonchev–Trinajstić information content (AvgIpc) is 2.59. The molecule has 1 aliphatic rings. The van der Waals surface area contributed by atoms with E-state index in [-0.39, 0.29) is 6.10 Å². The maximum absolute atomic E-state index is 9.83. The van der Waals surface area contributed by atoms with Crippen molar-refractivity contribution in [1.29, 1.82) is 0 Å². The molecule has 15 heavy (non-hydrogen) atoms. The van der Waals surface area contributed by atoms with Gasteiger partial charge in [0.1, 0.15) is 0 Å². The lowest BCUT2D eigenvalue weighted by Crippen LogP contribution is -2.17. The SMILES string of the molecule is CN(C)CCn1cc2c(c1)C(O)CCC2. The average molecular weight is 208 g/mol. The van der Waals surface area contributed by atoms with Crippen LogP contribution in [0.25, 0.3) is 0 Å². The normalized spacial score (nSPS) is 20.7. The lowest BCUT2D eigenvalue weighted by atomic mass is 9.93. The topological polar surface area (TPSA) is 28.4 Å². The van der Waals surface area contributed by atoms with Gasteiger partial charge in [-0.2, -0.15) is 0 Å². The monoisotopic (exact) mass is 208 g/mol. The van der Waals surface area contributed by atoms with Gasteiger partial charge in [-0.05, 0) is 38.9 Å². The predicted molar refractivity (Wildman–Crippen MR) is 60.9 cm³/mol. The Labute approximate surface area is 91.3 Å². The van der Waals surface area contributed by atoms with Crippen molar-refractivity contribution in [2.24, 2.45) is 0 Å². The van der Waals surface area contributed by atoms with Gasteiger partial charge in [-0.15, -0.1) is 0 Å². The van der Waals surface area contributed by atoms with Gasteiger partial charge in [0.15, 0.2) is 0 Å². The summed E-state index contributed by atoms with van der Waals surface area (Å²) < 4.78 is 2.21. The Kier molecular flexibility index (Phi) is 3.12. The Bertz CT molecular complexity index is 330. The molecular formula is C12H20N2O. The number of aromatic nitrogens is 1. The van der Waals surface area contributed by atoms with Crippen LogP contribution < -0.4 is 0 Å². The molecule has 0 fully saturated rings. The fraction of sp³-hybridized carbons (Fsp3) is 0.667. The van der Waals surface area contributed by atoms with Crippen molar-refractivity contribution in [2.75, 3.05) is 20.6 Å². The second-order valence-electron chi connectivity index (χ2n) is 4.69. The molecule has 1 atom stereocenters. The third-order valence-corrected chi connectivity index (χ3v) is 3.09. The van der Waals surface area contributed by atoms with Gasteiger partial charge in [0.2, 0.25) is 0 Å². The van der Waals surface area contributed by atoms with Crippen LogP contribution in [0.2, 0.25) is 0 Å². The molecule has 0 bridgehead atoms. The Hall–Kier alpha value is -0.800. The number of likely N-dealkylation sites (N-methyl/N-ethyl adjacent to an activating group) is 1. The van der Waals surface area contributed by atoms with Gasteiger partial charge in [-0.25, -0.2) is 0 Å². The van der Waals surface area contributed by atoms with Crippen LogP contribution in [-0.2, 0) is 13.0 Å². The van der Waals surface area contributed by atoms with Crippen LogP contribution >= 0.6 is 0 Å². The maximum atomic E-state index is 9.83. The molecule has 1 unspecified atom stereocenters. The van der Waals surface area contributed by atoms with Crippen molar-refractivity contribution in [2.45, 2.75) is 31.9 Å². The third-order valence-electron chi connectivity index (χ3n) is 3.09. The fourth-order valence-electron chi connectivity index (χ4n) is 2.17. The van der Waals surface area contributed by atoms with E-state index in [0.29, 0.717) is 0 Å². The molecule has 0 radical (unpaired) electrons. The molecule has 84 valence electrons. The Morgan fingerprint density at radius 1 is 1.47 bits per heavy atom. The van der Waals surface area contributed by atoms with Crippen LogP contribution in [0.3, 0.4) is 0 Å². The highest BCUT2D eigenvalue weighted by molar-refractivity contribution is 5.28. The predicted octanol–water partition coefficient (Wildman–Crippen LogP) is 1.42. The Balaban J connectivity index is 2.08. The second-order valence-corrected chi connectivity index (χ2v) is 4.69. The number of rotatable bonds is 3. The molecule has 0 amide bonds. The summed E-state index contributed by atoms with van der Waals surface area (Å²) in [5.74, 6) is 0. The molecule has 1 aromatic rings. The lowest BCUT2D eigenvalue weighted by molar-refractivity contribution is 0.157. The van der Waals surface area contributed by atoms with E-state index in [1.165, 1.54) is 5.56 Å². The molecule has 3 nitrogen and oxygen atoms in total. The zero-order chi connectivity index (χ0) is 10.8. The zero-order valence-electron chi connectivity index (χ0n) is 9.61. The van der Waals surface area contributed by atoms with Gasteiger partial charge in [0.25, 0.3) is 0 Å². The third kappa shape index (κ3) is 2.41. The summed E-state index contributed by atoms with van der Waals surface area (Å²) in [6, 6.07) is 0. The minimum atomic E-state index is -0.227. The summed E-state index contributed by atoms with van der Waals surface area (Å²) in [5, 5.41) is 9.83. The van der Waals surface area contributed by atoms with E-state index in [9.17, 15) is 5.11 Å². The van der Waals surface area contributed by atoms with Gasteiger partial charge >= 0.3 is 0 Å². The zero-order valence-corrected chi connectivity index (χ0v) is 9.61. The van der Waals surface area contributed by atoms with Gasteiger partial charge in [-0.1, -0.05) is 0 Å². The van der Waals surface area contributed by atoms with Crippen molar-refractivity contribution >= 4 is 0 Å². The summed E-state index contributed by atoms with van der Waals surface area (Å²) in [4.78, 5) is 2.18. The van der Waals surface area contributed by atoms with Gasteiger partial charge in [-0.3, -0.25) is 0 Å². The number of nitrogens with zero attached hydrogens (tertiary/aromatic N) is 2. The van der Waals surface area contributed by atoms with Crippen molar-refractivity contribution in [1.82, 2.24) is 9.47 Å². The van der Waals surface area contributed by atoms with Crippen molar-refractivity contribution in [3.8, 4) is 0 Å². The van der Waals surface area contributed by atoms with Gasteiger partial charge in [0, 0.05) is 31.0 Å². The van der Waals surface area contributed by atoms with Crippen LogP contribution in [-0.4, -0.2) is 35.2 Å². The minimum Gasteiger partial charge on any atom is -0.388 e. The first-order valence-corrected chi connectivity index (χ1v) is 5.68. The molecule has 0 aliphatic heterocycles. The smallest absolute Gasteiger partial charge is 0.0807 e. The van der Waals surface area contributed by atoms with Crippen LogP contribution in [0.15, 0.2) is 12.4 Å². The summed E-state index contributed by atoms with van der Waals surface area (Å²) >= 11 is 0. The maximum Gasteiger partial charge on any atom is 0.0807 e. The van der Waals surface area contributed by atoms with E-state index < -0.39 is 0 Å². The Morgan fingerprint density at radius 2 is 2.27 bits per heavy atom. The molecule has 1 aromatic heterocycles. The largest absolute Gasteiger partial charge is 0.388 e. The molecular weight excluding hydrogens is 188 g/mol. The number of aliphatic hydroxyl groups is 1. The van der Waals surface area contributed by atoms with E-state index in [4.69, 9.17) is 0 Å². The molecule has 1 aliphatic carbocycles. The molecule has 0 saturated heterocycles. The standard InChI is InChI=1S/C12H20N2O/c1-13(2)6-7-14-8-10-4-3-5-12(15)11(10)9-14/h8-9,12,15H,3-7H2,1-2H3. The van der Waals surface area contributed by atoms with E-state index in [0.717, 1.165) is 37.9 Å². The summed E-state index contributed by atoms with van der Waals surface area (Å²) in [5.41, 5.74) is 2.49. The van der Waals surface area contributed by atoms with E-state index in [1.807, 2.05) is 0 Å². The second kappa shape index (κ2) is 4.37. The molecule has 0 saturated carbocycles. The highest BCUT2D eigenvalue weighted by atomic mass is 16.3. The summed E-state index contributed by atoms with van der Waals surface area (Å²) in [6.07, 6.45) is 7.25. The van der Waals surface area contributed by atoms with Crippen LogP contribution in [0.5, 0.6) is 0 Å². The number of aryl methyl sites for hydroxylation is 1. The molecule has 2 rings (SSSR count). The number of aliphatic hydroxyl groups excluding tert-OH is 1. The number of hydrogen-bond acceptors (Lipinski definition) is 2. The quantitative estimate of drug-likeness (QED) is 0.813. The number of fused-ring (bicyclic) bond motifs is 1. The van der Waals surface area contributed by atoms with Crippen molar-refractivity contribution in [3.63, 3.8) is 0 Å². The fourth-order valence-corrected chi connectivity index (χ4v) is 2.17. The highest BCUT2D eigenvalue weighted by Crippen LogP contribution is 2.29. The molecule has 3 heteroatoms. The van der Waals surface area contributed by atoms with E-state index in [2.05, 4.69) is 36.0 Å². The van der Waals surface area contributed by atoms with E-state index in [1.54, 1.807) is 0 Å². The molecule has 1 N–H and O–H groups in total. The van der Waals surface area contributed by atoms with Crippen molar-refractivity contribution < 1.29 is 5.11 Å². The minimum absolute atomic E-state index is 0.227. The van der Waals surface area contributed by atoms with Gasteiger partial charge in [0.05, 0.1) is 6.10 Å².